The number of ether oxygens (including phenoxy) is 2. The van der Waals surface area contributed by atoms with Crippen molar-refractivity contribution in [3.05, 3.63) is 58.6 Å². The summed E-state index contributed by atoms with van der Waals surface area (Å²) in [5.41, 5.74) is 0.288. The van der Waals surface area contributed by atoms with Crippen LogP contribution in [0.5, 0.6) is 0 Å². The fourth-order valence-electron chi connectivity index (χ4n) is 2.90. The Morgan fingerprint density at radius 1 is 1.03 bits per heavy atom. The van der Waals surface area contributed by atoms with E-state index < -0.39 is 27.6 Å². The number of amides is 2. The lowest BCUT2D eigenvalue weighted by Crippen LogP contribution is -2.34. The molecule has 11 heteroatoms. The summed E-state index contributed by atoms with van der Waals surface area (Å²) >= 11 is 5.91. The molecule has 0 fully saturated rings. The highest BCUT2D eigenvalue weighted by atomic mass is 35.5. The van der Waals surface area contributed by atoms with Gasteiger partial charge in [0.2, 0.25) is 0 Å². The fraction of sp³-hybridized carbons (Fsp3) is 0.348. The van der Waals surface area contributed by atoms with Gasteiger partial charge in [-0.25, -0.2) is 22.7 Å². The first-order valence-corrected chi connectivity index (χ1v) is 12.2. The van der Waals surface area contributed by atoms with Gasteiger partial charge >= 0.3 is 18.0 Å². The van der Waals surface area contributed by atoms with Crippen LogP contribution in [0.1, 0.15) is 49.5 Å². The lowest BCUT2D eigenvalue weighted by Gasteiger charge is -2.19. The molecule has 0 aliphatic carbocycles. The highest BCUT2D eigenvalue weighted by molar-refractivity contribution is 7.90. The van der Waals surface area contributed by atoms with Crippen LogP contribution in [-0.4, -0.2) is 39.1 Å². The van der Waals surface area contributed by atoms with Gasteiger partial charge in [-0.05, 0) is 69.5 Å². The standard InChI is InChI=1S/C23H27ClN2O7S/c1-23(2,3)33-20(27)7-5-6-15-8-11-17(12-9-15)34(30,31)26-22(29)25-19-14-16(24)10-13-18(19)21(28)32-4/h8-14H,5-7H2,1-4H3,(H2,25,26,29). The highest BCUT2D eigenvalue weighted by Crippen LogP contribution is 2.22. The van der Waals surface area contributed by atoms with E-state index in [0.29, 0.717) is 12.8 Å². The average molecular weight is 511 g/mol. The van der Waals surface area contributed by atoms with E-state index >= 15 is 0 Å². The Bertz CT molecular complexity index is 1160. The molecule has 34 heavy (non-hydrogen) atoms. The van der Waals surface area contributed by atoms with E-state index in [9.17, 15) is 22.8 Å². The first-order chi connectivity index (χ1) is 15.8. The maximum atomic E-state index is 12.6. The van der Waals surface area contributed by atoms with Gasteiger partial charge in [-0.15, -0.1) is 0 Å². The van der Waals surface area contributed by atoms with Crippen LogP contribution < -0.4 is 10.0 Å². The molecule has 0 aromatic heterocycles. The minimum atomic E-state index is -4.18. The summed E-state index contributed by atoms with van der Waals surface area (Å²) in [6.45, 7) is 5.39. The van der Waals surface area contributed by atoms with Crippen LogP contribution in [0.3, 0.4) is 0 Å². The van der Waals surface area contributed by atoms with Crippen molar-refractivity contribution in [2.45, 2.75) is 50.5 Å². The molecule has 2 aromatic rings. The second kappa shape index (κ2) is 11.3. The van der Waals surface area contributed by atoms with Crippen molar-refractivity contribution >= 4 is 45.3 Å². The van der Waals surface area contributed by atoms with E-state index in [1.165, 1.54) is 37.4 Å². The van der Waals surface area contributed by atoms with E-state index in [4.69, 9.17) is 16.3 Å². The number of carbonyl (C=O) groups excluding carboxylic acids is 3. The molecule has 9 nitrogen and oxygen atoms in total. The number of aryl methyl sites for hydroxylation is 1. The maximum absolute atomic E-state index is 12.6. The van der Waals surface area contributed by atoms with Crippen LogP contribution >= 0.6 is 11.6 Å². The molecule has 0 bridgehead atoms. The van der Waals surface area contributed by atoms with Crippen LogP contribution in [-0.2, 0) is 30.7 Å². The van der Waals surface area contributed by atoms with E-state index in [1.807, 2.05) is 4.72 Å². The summed E-state index contributed by atoms with van der Waals surface area (Å²) in [5, 5.41) is 2.53. The number of hydrogen-bond acceptors (Lipinski definition) is 7. The topological polar surface area (TPSA) is 128 Å². The number of anilines is 1. The first-order valence-electron chi connectivity index (χ1n) is 10.3. The number of benzene rings is 2. The maximum Gasteiger partial charge on any atom is 0.339 e. The molecule has 0 unspecified atom stereocenters. The Labute approximate surface area is 203 Å². The van der Waals surface area contributed by atoms with Crippen molar-refractivity contribution in [1.82, 2.24) is 4.72 Å². The van der Waals surface area contributed by atoms with Crippen molar-refractivity contribution in [3.8, 4) is 0 Å². The van der Waals surface area contributed by atoms with E-state index in [0.717, 1.165) is 5.56 Å². The zero-order chi connectivity index (χ0) is 25.5. The number of esters is 2. The molecule has 0 atom stereocenters. The minimum Gasteiger partial charge on any atom is -0.465 e. The fourth-order valence-corrected chi connectivity index (χ4v) is 3.98. The number of nitrogens with one attached hydrogen (secondary N) is 2. The summed E-state index contributed by atoms with van der Waals surface area (Å²) in [6.07, 6.45) is 1.35. The number of carbonyl (C=O) groups is 3. The van der Waals surface area contributed by atoms with Gasteiger partial charge in [-0.3, -0.25) is 4.79 Å². The van der Waals surface area contributed by atoms with Gasteiger partial charge in [-0.2, -0.15) is 0 Å². The molecule has 0 saturated heterocycles. The highest BCUT2D eigenvalue weighted by Gasteiger charge is 2.20. The van der Waals surface area contributed by atoms with Crippen LogP contribution in [0.25, 0.3) is 0 Å². The Hall–Kier alpha value is -3.11. The van der Waals surface area contributed by atoms with Crippen molar-refractivity contribution in [2.24, 2.45) is 0 Å². The number of halogens is 1. The lowest BCUT2D eigenvalue weighted by molar-refractivity contribution is -0.154. The Kier molecular flexibility index (Phi) is 9.06. The second-order valence-corrected chi connectivity index (χ2v) is 10.4. The molecule has 0 heterocycles. The third-order valence-corrected chi connectivity index (χ3v) is 5.94. The molecule has 0 aliphatic rings. The van der Waals surface area contributed by atoms with Crippen molar-refractivity contribution in [1.29, 1.82) is 0 Å². The van der Waals surface area contributed by atoms with Gasteiger partial charge in [0.05, 0.1) is 23.3 Å². The van der Waals surface area contributed by atoms with Crippen LogP contribution in [0.4, 0.5) is 10.5 Å². The van der Waals surface area contributed by atoms with Crippen LogP contribution in [0.15, 0.2) is 47.4 Å². The van der Waals surface area contributed by atoms with Gasteiger partial charge in [0, 0.05) is 11.4 Å². The third-order valence-electron chi connectivity index (χ3n) is 4.36. The molecular weight excluding hydrogens is 484 g/mol. The number of rotatable bonds is 8. The molecule has 0 radical (unpaired) electrons. The molecule has 2 amide bonds. The molecule has 2 rings (SSSR count). The average Bonchev–Trinajstić information content (AvgIpc) is 2.72. The van der Waals surface area contributed by atoms with Gasteiger partial charge in [0.25, 0.3) is 10.0 Å². The largest absolute Gasteiger partial charge is 0.465 e. The molecular formula is C23H27ClN2O7S. The Balaban J connectivity index is 1.99. The van der Waals surface area contributed by atoms with Gasteiger partial charge in [0.15, 0.2) is 0 Å². The van der Waals surface area contributed by atoms with Crippen molar-refractivity contribution in [3.63, 3.8) is 0 Å². The second-order valence-electron chi connectivity index (χ2n) is 8.33. The predicted octanol–water partition coefficient (Wildman–Crippen LogP) is 4.30. The minimum absolute atomic E-state index is 0.00705. The summed E-state index contributed by atoms with van der Waals surface area (Å²) < 4.78 is 36.9. The third kappa shape index (κ3) is 8.35. The zero-order valence-electron chi connectivity index (χ0n) is 19.3. The van der Waals surface area contributed by atoms with Crippen LogP contribution in [0.2, 0.25) is 5.02 Å². The van der Waals surface area contributed by atoms with Crippen molar-refractivity contribution < 1.29 is 32.3 Å². The summed E-state index contributed by atoms with van der Waals surface area (Å²) in [4.78, 5) is 35.8. The predicted molar refractivity (Wildman–Crippen MR) is 127 cm³/mol. The Morgan fingerprint density at radius 2 is 1.68 bits per heavy atom. The number of sulfonamides is 1. The Morgan fingerprint density at radius 3 is 2.26 bits per heavy atom. The first kappa shape index (κ1) is 27.1. The molecule has 2 N–H and O–H groups in total. The zero-order valence-corrected chi connectivity index (χ0v) is 20.9. The van der Waals surface area contributed by atoms with Gasteiger partial charge < -0.3 is 14.8 Å². The quantitative estimate of drug-likeness (QED) is 0.506. The van der Waals surface area contributed by atoms with E-state index in [2.05, 4.69) is 10.1 Å². The number of hydrogen-bond donors (Lipinski definition) is 2. The number of methoxy groups -OCH3 is 1. The molecule has 184 valence electrons. The van der Waals surface area contributed by atoms with Gasteiger partial charge in [-0.1, -0.05) is 23.7 Å². The molecule has 0 spiro atoms. The van der Waals surface area contributed by atoms with Crippen molar-refractivity contribution in [2.75, 3.05) is 12.4 Å². The molecule has 2 aromatic carbocycles. The summed E-state index contributed by atoms with van der Waals surface area (Å²) in [7, 11) is -3.01. The van der Waals surface area contributed by atoms with Crippen LogP contribution in [0, 0.1) is 0 Å². The summed E-state index contributed by atoms with van der Waals surface area (Å²) in [6, 6.07) is 8.93. The smallest absolute Gasteiger partial charge is 0.339 e. The normalized spacial score (nSPS) is 11.4. The summed E-state index contributed by atoms with van der Waals surface area (Å²) in [5.74, 6) is -1.02. The molecule has 0 aliphatic heterocycles. The monoisotopic (exact) mass is 510 g/mol. The number of urea groups is 1. The molecule has 0 saturated carbocycles. The van der Waals surface area contributed by atoms with Gasteiger partial charge in [0.1, 0.15) is 5.60 Å². The van der Waals surface area contributed by atoms with E-state index in [1.54, 1.807) is 32.9 Å². The lowest BCUT2D eigenvalue weighted by atomic mass is 10.1. The SMILES string of the molecule is COC(=O)c1ccc(Cl)cc1NC(=O)NS(=O)(=O)c1ccc(CCCC(=O)OC(C)(C)C)cc1. The van der Waals surface area contributed by atoms with E-state index in [-0.39, 0.29) is 33.6 Å².